The molecule has 45 heavy (non-hydrogen) atoms. The number of pyridine rings is 1. The summed E-state index contributed by atoms with van der Waals surface area (Å²) in [6.45, 7) is 5.95. The molecule has 1 N–H and O–H groups in total. The predicted molar refractivity (Wildman–Crippen MR) is 165 cm³/mol. The van der Waals surface area contributed by atoms with Crippen LogP contribution in [-0.4, -0.2) is 62.0 Å². The summed E-state index contributed by atoms with van der Waals surface area (Å²) in [6, 6.07) is 17.5. The van der Waals surface area contributed by atoms with Gasteiger partial charge in [-0.3, -0.25) is 14.6 Å². The number of para-hydroxylation sites is 1. The molecule has 0 radical (unpaired) electrons. The van der Waals surface area contributed by atoms with Crippen molar-refractivity contribution < 1.29 is 19.1 Å². The molecule has 4 heterocycles. The average molecular weight is 602 g/mol. The zero-order chi connectivity index (χ0) is 31.6. The van der Waals surface area contributed by atoms with Crippen LogP contribution in [0.1, 0.15) is 50.7 Å². The van der Waals surface area contributed by atoms with Crippen molar-refractivity contribution in [2.24, 2.45) is 0 Å². The van der Waals surface area contributed by atoms with Crippen molar-refractivity contribution in [2.45, 2.75) is 56.7 Å². The van der Waals surface area contributed by atoms with E-state index in [4.69, 9.17) is 9.72 Å². The molecule has 0 bridgehead atoms. The van der Waals surface area contributed by atoms with Gasteiger partial charge in [0.05, 0.1) is 12.2 Å². The van der Waals surface area contributed by atoms with E-state index in [1.165, 1.54) is 0 Å². The predicted octanol–water partition coefficient (Wildman–Crippen LogP) is 4.25. The molecule has 0 unspecified atom stereocenters. The van der Waals surface area contributed by atoms with Crippen LogP contribution in [0.4, 0.5) is 10.5 Å². The fourth-order valence-corrected chi connectivity index (χ4v) is 6.44. The number of ether oxygens (including phenoxy) is 1. The van der Waals surface area contributed by atoms with Gasteiger partial charge in [-0.05, 0) is 50.6 Å². The Hall–Kier alpha value is -5.37. The number of carbonyl (C=O) groups excluding carboxylic acids is 3. The molecule has 11 nitrogen and oxygen atoms in total. The number of fused-ring (bicyclic) bond motifs is 3. The Labute approximate surface area is 259 Å². The molecular weight excluding hydrogens is 570 g/mol. The van der Waals surface area contributed by atoms with Gasteiger partial charge in [-0.1, -0.05) is 42.5 Å². The van der Waals surface area contributed by atoms with Crippen molar-refractivity contribution in [3.63, 3.8) is 0 Å². The zero-order valence-electron chi connectivity index (χ0n) is 25.2. The van der Waals surface area contributed by atoms with Gasteiger partial charge in [0.15, 0.2) is 0 Å². The molecule has 4 aromatic rings. The van der Waals surface area contributed by atoms with Crippen molar-refractivity contribution in [1.82, 2.24) is 25.2 Å². The number of amides is 3. The van der Waals surface area contributed by atoms with Crippen molar-refractivity contribution in [1.29, 1.82) is 5.26 Å². The summed E-state index contributed by atoms with van der Waals surface area (Å²) >= 11 is 0. The van der Waals surface area contributed by atoms with Gasteiger partial charge < -0.3 is 19.9 Å². The van der Waals surface area contributed by atoms with E-state index in [0.717, 1.165) is 27.6 Å². The summed E-state index contributed by atoms with van der Waals surface area (Å²) < 4.78 is 5.39. The first-order chi connectivity index (χ1) is 21.5. The minimum atomic E-state index is -0.988. The first-order valence-electron chi connectivity index (χ1n) is 14.8. The second-order valence-electron chi connectivity index (χ2n) is 12.9. The number of nitrogens with one attached hydrogen (secondary N) is 1. The monoisotopic (exact) mass is 601 g/mol. The molecule has 3 amide bonds. The number of nitrogens with zero attached hydrogens (tertiary/aromatic N) is 6. The number of aromatic nitrogens is 3. The van der Waals surface area contributed by atoms with Crippen LogP contribution in [0.15, 0.2) is 67.1 Å². The first kappa shape index (κ1) is 28.4. The van der Waals surface area contributed by atoms with Crippen molar-refractivity contribution in [2.75, 3.05) is 18.0 Å². The van der Waals surface area contributed by atoms with E-state index < -0.39 is 22.6 Å². The highest BCUT2D eigenvalue weighted by molar-refractivity contribution is 6.11. The number of anilines is 1. The molecule has 2 aromatic heterocycles. The minimum absolute atomic E-state index is 0.0671. The fourth-order valence-electron chi connectivity index (χ4n) is 6.44. The van der Waals surface area contributed by atoms with E-state index in [9.17, 15) is 19.6 Å². The van der Waals surface area contributed by atoms with Gasteiger partial charge >= 0.3 is 6.09 Å². The lowest BCUT2D eigenvalue weighted by Crippen LogP contribution is -2.68. The normalized spacial score (nSPS) is 17.4. The maximum Gasteiger partial charge on any atom is 0.408 e. The number of hydrogen-bond acceptors (Lipinski definition) is 8. The molecule has 2 aliphatic heterocycles. The Morgan fingerprint density at radius 1 is 1.00 bits per heavy atom. The third kappa shape index (κ3) is 4.73. The molecule has 1 spiro atoms. The summed E-state index contributed by atoms with van der Waals surface area (Å²) in [6.07, 6.45) is 5.43. The van der Waals surface area contributed by atoms with Gasteiger partial charge in [0.2, 0.25) is 17.6 Å². The lowest BCUT2D eigenvalue weighted by molar-refractivity contribution is -0.147. The molecule has 1 saturated heterocycles. The van der Waals surface area contributed by atoms with Crippen LogP contribution < -0.4 is 10.2 Å². The number of benzene rings is 2. The standard InChI is InChI=1S/C34H31N7O4/c1-32(2,3)45-31(44)39-34(12-13-34)30(43)40-19-33(20-40)24-10-6-7-11-26(24)41(29(33)42)18-25-28(22-16-37-27(14-35)38-17-22)23-9-5-4-8-21(23)15-36-25/h4-11,15-17H,12-13,18-20H2,1-3H3,(H,39,44). The summed E-state index contributed by atoms with van der Waals surface area (Å²) in [5.41, 5.74) is 1.23. The van der Waals surface area contributed by atoms with Crippen molar-refractivity contribution in [3.8, 4) is 17.2 Å². The first-order valence-corrected chi connectivity index (χ1v) is 14.8. The molecule has 3 aliphatic rings. The number of hydrogen-bond donors (Lipinski definition) is 1. The average Bonchev–Trinajstić information content (AvgIpc) is 3.73. The smallest absolute Gasteiger partial charge is 0.408 e. The van der Waals surface area contributed by atoms with Gasteiger partial charge in [-0.25, -0.2) is 14.8 Å². The number of rotatable bonds is 5. The van der Waals surface area contributed by atoms with Crippen LogP contribution >= 0.6 is 0 Å². The van der Waals surface area contributed by atoms with Crippen LogP contribution in [-0.2, 0) is 26.3 Å². The Morgan fingerprint density at radius 3 is 2.38 bits per heavy atom. The van der Waals surface area contributed by atoms with E-state index in [1.807, 2.05) is 54.6 Å². The summed E-state index contributed by atoms with van der Waals surface area (Å²) in [5, 5.41) is 13.9. The highest BCUT2D eigenvalue weighted by Crippen LogP contribution is 2.50. The minimum Gasteiger partial charge on any atom is -0.444 e. The van der Waals surface area contributed by atoms with Gasteiger partial charge in [0.25, 0.3) is 0 Å². The largest absolute Gasteiger partial charge is 0.444 e. The third-order valence-corrected chi connectivity index (χ3v) is 8.70. The number of carbonyl (C=O) groups is 3. The van der Waals surface area contributed by atoms with E-state index in [1.54, 1.807) is 49.2 Å². The summed E-state index contributed by atoms with van der Waals surface area (Å²) in [5.74, 6) is -0.228. The molecule has 0 atom stereocenters. The molecule has 2 fully saturated rings. The van der Waals surface area contributed by atoms with E-state index in [2.05, 4.69) is 15.3 Å². The van der Waals surface area contributed by atoms with Crippen LogP contribution in [0.25, 0.3) is 21.9 Å². The lowest BCUT2D eigenvalue weighted by Gasteiger charge is -2.48. The van der Waals surface area contributed by atoms with E-state index in [-0.39, 0.29) is 37.3 Å². The maximum atomic E-state index is 14.3. The van der Waals surface area contributed by atoms with E-state index >= 15 is 0 Å². The van der Waals surface area contributed by atoms with Gasteiger partial charge in [0, 0.05) is 53.9 Å². The number of alkyl carbamates (subject to hydrolysis) is 1. The van der Waals surface area contributed by atoms with Gasteiger partial charge in [-0.2, -0.15) is 5.26 Å². The second-order valence-corrected chi connectivity index (χ2v) is 12.9. The molecule has 2 aromatic carbocycles. The second kappa shape index (κ2) is 10.1. The molecule has 7 rings (SSSR count). The summed E-state index contributed by atoms with van der Waals surface area (Å²) in [7, 11) is 0. The number of likely N-dealkylation sites (tertiary alicyclic amines) is 1. The number of nitriles is 1. The molecule has 11 heteroatoms. The van der Waals surface area contributed by atoms with Crippen LogP contribution in [0.2, 0.25) is 0 Å². The van der Waals surface area contributed by atoms with Crippen LogP contribution in [0, 0.1) is 11.3 Å². The van der Waals surface area contributed by atoms with Crippen LogP contribution in [0.3, 0.4) is 0 Å². The van der Waals surface area contributed by atoms with E-state index in [0.29, 0.717) is 24.1 Å². The van der Waals surface area contributed by atoms with Gasteiger partial charge in [0.1, 0.15) is 22.6 Å². The highest BCUT2D eigenvalue weighted by Gasteiger charge is 2.63. The molecule has 1 aliphatic carbocycles. The maximum absolute atomic E-state index is 14.3. The van der Waals surface area contributed by atoms with Gasteiger partial charge in [-0.15, -0.1) is 0 Å². The lowest BCUT2D eigenvalue weighted by atomic mass is 9.74. The molecule has 226 valence electrons. The fraction of sp³-hybridized carbons (Fsp3) is 0.324. The van der Waals surface area contributed by atoms with Crippen molar-refractivity contribution >= 4 is 34.4 Å². The Balaban J connectivity index is 1.18. The summed E-state index contributed by atoms with van der Waals surface area (Å²) in [4.78, 5) is 57.0. The third-order valence-electron chi connectivity index (χ3n) is 8.70. The Bertz CT molecular complexity index is 1920. The SMILES string of the molecule is CC(C)(C)OC(=O)NC1(C(=O)N2CC3(C2)C(=O)N(Cc2ncc4ccccc4c2-c2cnc(C#N)nc2)c2ccccc23)CC1. The zero-order valence-corrected chi connectivity index (χ0v) is 25.2. The Morgan fingerprint density at radius 2 is 1.69 bits per heavy atom. The van der Waals surface area contributed by atoms with Crippen molar-refractivity contribution in [3.05, 3.63) is 84.2 Å². The highest BCUT2D eigenvalue weighted by atomic mass is 16.6. The van der Waals surface area contributed by atoms with Crippen LogP contribution in [0.5, 0.6) is 0 Å². The Kier molecular flexibility index (Phi) is 6.37. The molecular formula is C34H31N7O4. The quantitative estimate of drug-likeness (QED) is 0.358. The molecule has 1 saturated carbocycles. The topological polar surface area (TPSA) is 141 Å².